The SMILES string of the molecule is O=[N+]([O-])c1ccc(N2CCN(C3CCC4(CCNCC4)C3)CC2)cc1. The van der Waals surface area contributed by atoms with Crippen LogP contribution in [0.2, 0.25) is 0 Å². The van der Waals surface area contributed by atoms with Gasteiger partial charge in [-0.1, -0.05) is 0 Å². The molecule has 1 saturated carbocycles. The summed E-state index contributed by atoms with van der Waals surface area (Å²) in [6.07, 6.45) is 6.85. The number of nitro benzene ring substituents is 1. The second kappa shape index (κ2) is 6.92. The van der Waals surface area contributed by atoms with Crippen molar-refractivity contribution >= 4 is 11.4 Å². The monoisotopic (exact) mass is 344 g/mol. The Morgan fingerprint density at radius 3 is 2.36 bits per heavy atom. The second-order valence-electron chi connectivity index (χ2n) is 7.94. The summed E-state index contributed by atoms with van der Waals surface area (Å²) in [7, 11) is 0. The Labute approximate surface area is 149 Å². The van der Waals surface area contributed by atoms with Gasteiger partial charge in [0.2, 0.25) is 0 Å². The molecular formula is C19H28N4O2. The average molecular weight is 344 g/mol. The van der Waals surface area contributed by atoms with Crippen molar-refractivity contribution in [2.24, 2.45) is 5.41 Å². The molecule has 0 bridgehead atoms. The number of piperazine rings is 1. The molecular weight excluding hydrogens is 316 g/mol. The van der Waals surface area contributed by atoms with Gasteiger partial charge in [-0.3, -0.25) is 15.0 Å². The fourth-order valence-corrected chi connectivity index (χ4v) is 5.03. The molecule has 6 nitrogen and oxygen atoms in total. The van der Waals surface area contributed by atoms with E-state index in [0.717, 1.165) is 37.9 Å². The van der Waals surface area contributed by atoms with Crippen molar-refractivity contribution in [2.45, 2.75) is 38.1 Å². The van der Waals surface area contributed by atoms with Crippen molar-refractivity contribution < 1.29 is 4.92 Å². The Kier molecular flexibility index (Phi) is 4.65. The van der Waals surface area contributed by atoms with Crippen molar-refractivity contribution in [3.8, 4) is 0 Å². The van der Waals surface area contributed by atoms with Gasteiger partial charge in [-0.05, 0) is 62.7 Å². The Balaban J connectivity index is 1.32. The van der Waals surface area contributed by atoms with E-state index in [1.165, 1.54) is 45.2 Å². The van der Waals surface area contributed by atoms with E-state index in [0.29, 0.717) is 5.41 Å². The second-order valence-corrected chi connectivity index (χ2v) is 7.94. The predicted molar refractivity (Wildman–Crippen MR) is 99.1 cm³/mol. The molecule has 2 heterocycles. The van der Waals surface area contributed by atoms with Crippen LogP contribution in [0.4, 0.5) is 11.4 Å². The molecule has 4 rings (SSSR count). The number of hydrogen-bond acceptors (Lipinski definition) is 5. The van der Waals surface area contributed by atoms with Crippen LogP contribution in [0, 0.1) is 15.5 Å². The number of nitrogens with one attached hydrogen (secondary N) is 1. The number of non-ortho nitro benzene ring substituents is 1. The molecule has 1 atom stereocenters. The molecule has 2 saturated heterocycles. The highest BCUT2D eigenvalue weighted by Crippen LogP contribution is 2.46. The van der Waals surface area contributed by atoms with Gasteiger partial charge in [0.25, 0.3) is 5.69 Å². The molecule has 1 N–H and O–H groups in total. The summed E-state index contributed by atoms with van der Waals surface area (Å²) >= 11 is 0. The van der Waals surface area contributed by atoms with Crippen molar-refractivity contribution in [2.75, 3.05) is 44.2 Å². The molecule has 6 heteroatoms. The molecule has 25 heavy (non-hydrogen) atoms. The summed E-state index contributed by atoms with van der Waals surface area (Å²) in [5, 5.41) is 14.3. The van der Waals surface area contributed by atoms with Crippen molar-refractivity contribution in [3.05, 3.63) is 34.4 Å². The summed E-state index contributed by atoms with van der Waals surface area (Å²) < 4.78 is 0. The van der Waals surface area contributed by atoms with Gasteiger partial charge in [0, 0.05) is 50.0 Å². The van der Waals surface area contributed by atoms with E-state index in [1.54, 1.807) is 12.1 Å². The smallest absolute Gasteiger partial charge is 0.269 e. The van der Waals surface area contributed by atoms with E-state index in [2.05, 4.69) is 15.1 Å². The van der Waals surface area contributed by atoms with Gasteiger partial charge in [0.15, 0.2) is 0 Å². The number of hydrogen-bond donors (Lipinski definition) is 1. The number of anilines is 1. The highest BCUT2D eigenvalue weighted by molar-refractivity contribution is 5.51. The van der Waals surface area contributed by atoms with E-state index >= 15 is 0 Å². The minimum absolute atomic E-state index is 0.167. The molecule has 1 aliphatic carbocycles. The first kappa shape index (κ1) is 16.8. The number of piperidine rings is 1. The van der Waals surface area contributed by atoms with Crippen LogP contribution in [-0.4, -0.2) is 55.1 Å². The number of nitro groups is 1. The van der Waals surface area contributed by atoms with Crippen LogP contribution in [0.1, 0.15) is 32.1 Å². The average Bonchev–Trinajstić information content (AvgIpc) is 3.06. The molecule has 0 aromatic heterocycles. The lowest BCUT2D eigenvalue weighted by Crippen LogP contribution is -2.50. The van der Waals surface area contributed by atoms with Crippen LogP contribution in [0.15, 0.2) is 24.3 Å². The lowest BCUT2D eigenvalue weighted by atomic mass is 9.77. The maximum Gasteiger partial charge on any atom is 0.269 e. The summed E-state index contributed by atoms with van der Waals surface area (Å²) in [4.78, 5) is 15.5. The number of rotatable bonds is 3. The Morgan fingerprint density at radius 2 is 1.72 bits per heavy atom. The van der Waals surface area contributed by atoms with Crippen molar-refractivity contribution in [3.63, 3.8) is 0 Å². The predicted octanol–water partition coefficient (Wildman–Crippen LogP) is 2.64. The zero-order valence-corrected chi connectivity index (χ0v) is 14.8. The van der Waals surface area contributed by atoms with Gasteiger partial charge in [0.1, 0.15) is 0 Å². The molecule has 1 aromatic carbocycles. The molecule has 1 aromatic rings. The zero-order valence-electron chi connectivity index (χ0n) is 14.8. The Morgan fingerprint density at radius 1 is 1.04 bits per heavy atom. The highest BCUT2D eigenvalue weighted by Gasteiger charge is 2.42. The normalized spacial score (nSPS) is 26.9. The van der Waals surface area contributed by atoms with Gasteiger partial charge >= 0.3 is 0 Å². The van der Waals surface area contributed by atoms with E-state index in [4.69, 9.17) is 0 Å². The largest absolute Gasteiger partial charge is 0.369 e. The first-order valence-electron chi connectivity index (χ1n) is 9.59. The maximum absolute atomic E-state index is 10.8. The highest BCUT2D eigenvalue weighted by atomic mass is 16.6. The molecule has 0 amide bonds. The third-order valence-electron chi connectivity index (χ3n) is 6.60. The van der Waals surface area contributed by atoms with Crippen LogP contribution in [-0.2, 0) is 0 Å². The molecule has 1 spiro atoms. The van der Waals surface area contributed by atoms with Crippen molar-refractivity contribution in [1.82, 2.24) is 10.2 Å². The van der Waals surface area contributed by atoms with Crippen LogP contribution in [0.5, 0.6) is 0 Å². The molecule has 3 aliphatic rings. The lowest BCUT2D eigenvalue weighted by molar-refractivity contribution is -0.384. The summed E-state index contributed by atoms with van der Waals surface area (Å²) in [6.45, 7) is 6.64. The standard InChI is InChI=1S/C19H28N4O2/c24-23(25)17-3-1-16(2-4-17)21-11-13-22(14-12-21)18-5-6-19(15-18)7-9-20-10-8-19/h1-4,18,20H,5-15H2. The fraction of sp³-hybridized carbons (Fsp3) is 0.684. The van der Waals surface area contributed by atoms with Gasteiger partial charge < -0.3 is 10.2 Å². The Bertz CT molecular complexity index is 604. The molecule has 136 valence electrons. The van der Waals surface area contributed by atoms with E-state index in [-0.39, 0.29) is 10.6 Å². The number of benzene rings is 1. The van der Waals surface area contributed by atoms with E-state index in [1.807, 2.05) is 12.1 Å². The first-order chi connectivity index (χ1) is 12.2. The quantitative estimate of drug-likeness (QED) is 0.675. The van der Waals surface area contributed by atoms with E-state index < -0.39 is 0 Å². The maximum atomic E-state index is 10.8. The lowest BCUT2D eigenvalue weighted by Gasteiger charge is -2.40. The topological polar surface area (TPSA) is 61.7 Å². The van der Waals surface area contributed by atoms with Gasteiger partial charge in [-0.25, -0.2) is 0 Å². The molecule has 3 fully saturated rings. The third-order valence-corrected chi connectivity index (χ3v) is 6.60. The first-order valence-corrected chi connectivity index (χ1v) is 9.59. The summed E-state index contributed by atoms with van der Waals surface area (Å²) in [5.41, 5.74) is 1.89. The Hall–Kier alpha value is -1.66. The summed E-state index contributed by atoms with van der Waals surface area (Å²) in [6, 6.07) is 7.75. The van der Waals surface area contributed by atoms with Gasteiger partial charge in [-0.2, -0.15) is 0 Å². The minimum atomic E-state index is -0.335. The minimum Gasteiger partial charge on any atom is -0.369 e. The van der Waals surface area contributed by atoms with Gasteiger partial charge in [0.05, 0.1) is 4.92 Å². The molecule has 0 radical (unpaired) electrons. The van der Waals surface area contributed by atoms with Crippen LogP contribution in [0.3, 0.4) is 0 Å². The van der Waals surface area contributed by atoms with Crippen LogP contribution in [0.25, 0.3) is 0 Å². The van der Waals surface area contributed by atoms with Crippen LogP contribution < -0.4 is 10.2 Å². The van der Waals surface area contributed by atoms with Crippen LogP contribution >= 0.6 is 0 Å². The van der Waals surface area contributed by atoms with Crippen molar-refractivity contribution in [1.29, 1.82) is 0 Å². The zero-order chi connectivity index (χ0) is 17.3. The van der Waals surface area contributed by atoms with E-state index in [9.17, 15) is 10.1 Å². The number of nitrogens with zero attached hydrogens (tertiary/aromatic N) is 3. The third kappa shape index (κ3) is 3.51. The molecule has 2 aliphatic heterocycles. The fourth-order valence-electron chi connectivity index (χ4n) is 5.03. The summed E-state index contributed by atoms with van der Waals surface area (Å²) in [5.74, 6) is 0. The van der Waals surface area contributed by atoms with Gasteiger partial charge in [-0.15, -0.1) is 0 Å². The molecule has 1 unspecified atom stereocenters.